The van der Waals surface area contributed by atoms with Gasteiger partial charge in [-0.2, -0.15) is 0 Å². The van der Waals surface area contributed by atoms with Crippen LogP contribution in [0.3, 0.4) is 0 Å². The standard InChI is InChI=1S/C12H15NO6/c1-6(11(14)15)19-12(16)7-4-9(17-2)10(18-3)5-8(7)13/h4-6H,13H2,1-3H3,(H,14,15). The molecule has 0 aliphatic carbocycles. The van der Waals surface area contributed by atoms with Gasteiger partial charge >= 0.3 is 11.9 Å². The second kappa shape index (κ2) is 5.94. The fourth-order valence-electron chi connectivity index (χ4n) is 1.35. The zero-order valence-corrected chi connectivity index (χ0v) is 10.8. The number of nitrogen functional groups attached to an aromatic ring is 1. The van der Waals surface area contributed by atoms with Gasteiger partial charge in [0.05, 0.1) is 25.5 Å². The first kappa shape index (κ1) is 14.6. The first-order chi connectivity index (χ1) is 8.90. The maximum atomic E-state index is 11.8. The fourth-order valence-corrected chi connectivity index (χ4v) is 1.35. The highest BCUT2D eigenvalue weighted by molar-refractivity contribution is 5.97. The van der Waals surface area contributed by atoms with E-state index in [2.05, 4.69) is 0 Å². The van der Waals surface area contributed by atoms with Gasteiger partial charge in [-0.25, -0.2) is 9.59 Å². The molecule has 0 radical (unpaired) electrons. The predicted molar refractivity (Wildman–Crippen MR) is 66.5 cm³/mol. The van der Waals surface area contributed by atoms with Crippen molar-refractivity contribution in [2.75, 3.05) is 20.0 Å². The van der Waals surface area contributed by atoms with Crippen molar-refractivity contribution >= 4 is 17.6 Å². The molecule has 0 aromatic heterocycles. The molecule has 1 atom stereocenters. The highest BCUT2D eigenvalue weighted by Crippen LogP contribution is 2.32. The predicted octanol–water partition coefficient (Wildman–Crippen LogP) is 0.916. The second-order valence-electron chi connectivity index (χ2n) is 3.68. The van der Waals surface area contributed by atoms with E-state index >= 15 is 0 Å². The van der Waals surface area contributed by atoms with Crippen LogP contribution in [-0.2, 0) is 9.53 Å². The summed E-state index contributed by atoms with van der Waals surface area (Å²) in [6.45, 7) is 1.25. The number of hydrogen-bond acceptors (Lipinski definition) is 6. The highest BCUT2D eigenvalue weighted by Gasteiger charge is 2.21. The lowest BCUT2D eigenvalue weighted by atomic mass is 10.1. The minimum Gasteiger partial charge on any atom is -0.493 e. The lowest BCUT2D eigenvalue weighted by Gasteiger charge is -2.13. The third kappa shape index (κ3) is 3.27. The molecule has 7 nitrogen and oxygen atoms in total. The average Bonchev–Trinajstić information content (AvgIpc) is 2.37. The van der Waals surface area contributed by atoms with Crippen molar-refractivity contribution in [1.29, 1.82) is 0 Å². The Morgan fingerprint density at radius 2 is 1.74 bits per heavy atom. The van der Waals surface area contributed by atoms with Crippen LogP contribution in [0.1, 0.15) is 17.3 Å². The number of aliphatic carboxylic acids is 1. The van der Waals surface area contributed by atoms with Crippen molar-refractivity contribution in [2.24, 2.45) is 0 Å². The van der Waals surface area contributed by atoms with Crippen LogP contribution in [0.15, 0.2) is 12.1 Å². The van der Waals surface area contributed by atoms with E-state index in [0.717, 1.165) is 0 Å². The van der Waals surface area contributed by atoms with Crippen molar-refractivity contribution in [3.63, 3.8) is 0 Å². The Morgan fingerprint density at radius 3 is 2.21 bits per heavy atom. The number of ether oxygens (including phenoxy) is 3. The summed E-state index contributed by atoms with van der Waals surface area (Å²) in [4.78, 5) is 22.4. The second-order valence-corrected chi connectivity index (χ2v) is 3.68. The van der Waals surface area contributed by atoms with Gasteiger partial charge in [-0.3, -0.25) is 0 Å². The first-order valence-corrected chi connectivity index (χ1v) is 5.36. The normalized spacial score (nSPS) is 11.5. The quantitative estimate of drug-likeness (QED) is 0.604. The van der Waals surface area contributed by atoms with E-state index in [1.165, 1.54) is 33.3 Å². The van der Waals surface area contributed by atoms with Gasteiger partial charge in [0.15, 0.2) is 17.6 Å². The molecule has 0 heterocycles. The molecule has 104 valence electrons. The van der Waals surface area contributed by atoms with Gasteiger partial charge in [0, 0.05) is 12.1 Å². The van der Waals surface area contributed by atoms with Gasteiger partial charge in [0.1, 0.15) is 0 Å². The number of rotatable bonds is 5. The number of carboxylic acid groups (broad SMARTS) is 1. The Hall–Kier alpha value is -2.44. The van der Waals surface area contributed by atoms with Crippen LogP contribution in [0.4, 0.5) is 5.69 Å². The van der Waals surface area contributed by atoms with E-state index in [9.17, 15) is 9.59 Å². The van der Waals surface area contributed by atoms with E-state index in [1.54, 1.807) is 0 Å². The lowest BCUT2D eigenvalue weighted by Crippen LogP contribution is -2.24. The van der Waals surface area contributed by atoms with E-state index in [1.807, 2.05) is 0 Å². The summed E-state index contributed by atoms with van der Waals surface area (Å²) in [6, 6.07) is 2.74. The third-order valence-corrected chi connectivity index (χ3v) is 2.41. The molecular formula is C12H15NO6. The van der Waals surface area contributed by atoms with Crippen LogP contribution in [0.25, 0.3) is 0 Å². The monoisotopic (exact) mass is 269 g/mol. The smallest absolute Gasteiger partial charge is 0.344 e. The molecule has 7 heteroatoms. The van der Waals surface area contributed by atoms with Gasteiger partial charge in [-0.05, 0) is 6.92 Å². The van der Waals surface area contributed by atoms with Crippen LogP contribution in [0, 0.1) is 0 Å². The van der Waals surface area contributed by atoms with Gasteiger partial charge in [-0.1, -0.05) is 0 Å². The maximum absolute atomic E-state index is 11.8. The topological polar surface area (TPSA) is 108 Å². The average molecular weight is 269 g/mol. The SMILES string of the molecule is COc1cc(N)c(C(=O)OC(C)C(=O)O)cc1OC. The van der Waals surface area contributed by atoms with Crippen LogP contribution in [0.5, 0.6) is 11.5 Å². The third-order valence-electron chi connectivity index (χ3n) is 2.41. The summed E-state index contributed by atoms with van der Waals surface area (Å²) in [6.07, 6.45) is -1.26. The van der Waals surface area contributed by atoms with Gasteiger partial charge in [-0.15, -0.1) is 0 Å². The fraction of sp³-hybridized carbons (Fsp3) is 0.333. The van der Waals surface area contributed by atoms with E-state index in [-0.39, 0.29) is 11.3 Å². The summed E-state index contributed by atoms with van der Waals surface area (Å²) < 4.78 is 14.8. The van der Waals surface area contributed by atoms with Crippen LogP contribution in [0.2, 0.25) is 0 Å². The summed E-state index contributed by atoms with van der Waals surface area (Å²) in [5.41, 5.74) is 5.82. The zero-order chi connectivity index (χ0) is 14.6. The number of carbonyl (C=O) groups excluding carboxylic acids is 1. The molecule has 0 aliphatic heterocycles. The summed E-state index contributed by atoms with van der Waals surface area (Å²) in [7, 11) is 2.84. The Morgan fingerprint density at radius 1 is 1.21 bits per heavy atom. The molecule has 0 aliphatic rings. The number of nitrogens with two attached hydrogens (primary N) is 1. The van der Waals surface area contributed by atoms with Crippen molar-refractivity contribution in [1.82, 2.24) is 0 Å². The summed E-state index contributed by atoms with van der Waals surface area (Å²) in [5.74, 6) is -1.42. The molecular weight excluding hydrogens is 254 g/mol. The highest BCUT2D eigenvalue weighted by atomic mass is 16.6. The lowest BCUT2D eigenvalue weighted by molar-refractivity contribution is -0.146. The Balaban J connectivity index is 3.06. The zero-order valence-electron chi connectivity index (χ0n) is 10.8. The molecule has 1 rings (SSSR count). The number of carbonyl (C=O) groups is 2. The van der Waals surface area contributed by atoms with Gasteiger partial charge < -0.3 is 25.1 Å². The van der Waals surface area contributed by atoms with Crippen molar-refractivity contribution in [3.8, 4) is 11.5 Å². The van der Waals surface area contributed by atoms with E-state index < -0.39 is 18.0 Å². The number of hydrogen-bond donors (Lipinski definition) is 2. The molecule has 0 saturated heterocycles. The number of anilines is 1. The molecule has 1 unspecified atom stereocenters. The van der Waals surface area contributed by atoms with Crippen molar-refractivity contribution < 1.29 is 28.9 Å². The molecule has 1 aromatic carbocycles. The minimum absolute atomic E-state index is 0.0192. The van der Waals surface area contributed by atoms with Crippen LogP contribution < -0.4 is 15.2 Å². The van der Waals surface area contributed by atoms with Crippen LogP contribution in [-0.4, -0.2) is 37.4 Å². The number of esters is 1. The molecule has 19 heavy (non-hydrogen) atoms. The molecule has 1 aromatic rings. The number of methoxy groups -OCH3 is 2. The van der Waals surface area contributed by atoms with E-state index in [0.29, 0.717) is 11.5 Å². The molecule has 0 fully saturated rings. The largest absolute Gasteiger partial charge is 0.493 e. The first-order valence-electron chi connectivity index (χ1n) is 5.36. The molecule has 0 amide bonds. The molecule has 3 N–H and O–H groups in total. The molecule has 0 spiro atoms. The van der Waals surface area contributed by atoms with Crippen molar-refractivity contribution in [3.05, 3.63) is 17.7 Å². The summed E-state index contributed by atoms with van der Waals surface area (Å²) >= 11 is 0. The van der Waals surface area contributed by atoms with Gasteiger partial charge in [0.25, 0.3) is 0 Å². The minimum atomic E-state index is -1.26. The Labute approximate surface area is 109 Å². The molecule has 0 saturated carbocycles. The Bertz CT molecular complexity index is 499. The van der Waals surface area contributed by atoms with Crippen molar-refractivity contribution in [2.45, 2.75) is 13.0 Å². The number of carboxylic acids is 1. The van der Waals surface area contributed by atoms with Crippen LogP contribution >= 0.6 is 0 Å². The molecule has 0 bridgehead atoms. The van der Waals surface area contributed by atoms with Gasteiger partial charge in [0.2, 0.25) is 0 Å². The Kier molecular flexibility index (Phi) is 4.57. The summed E-state index contributed by atoms with van der Waals surface area (Å²) in [5, 5.41) is 8.68. The number of benzene rings is 1. The maximum Gasteiger partial charge on any atom is 0.344 e. The van der Waals surface area contributed by atoms with E-state index in [4.69, 9.17) is 25.1 Å².